The second kappa shape index (κ2) is 13.3. The van der Waals surface area contributed by atoms with Crippen LogP contribution in [-0.2, 0) is 0 Å². The van der Waals surface area contributed by atoms with Crippen molar-refractivity contribution >= 4 is 12.4 Å². The number of hydrogen-bond donors (Lipinski definition) is 1. The quantitative estimate of drug-likeness (QED) is 0.437. The highest BCUT2D eigenvalue weighted by Crippen LogP contribution is 1.81. The van der Waals surface area contributed by atoms with Crippen molar-refractivity contribution < 1.29 is 0 Å². The van der Waals surface area contributed by atoms with Gasteiger partial charge in [-0.1, -0.05) is 26.7 Å². The fraction of sp³-hybridized carbons (Fsp3) is 0.833. The van der Waals surface area contributed by atoms with Crippen molar-refractivity contribution in [3.05, 3.63) is 0 Å². The third-order valence-corrected chi connectivity index (χ3v) is 1.93. The van der Waals surface area contributed by atoms with Crippen LogP contribution in [0.2, 0.25) is 0 Å². The Morgan fingerprint density at radius 1 is 0.867 bits per heavy atom. The molecule has 0 aromatic heterocycles. The fourth-order valence-corrected chi connectivity index (χ4v) is 1.04. The summed E-state index contributed by atoms with van der Waals surface area (Å²) < 4.78 is 0. The van der Waals surface area contributed by atoms with Gasteiger partial charge < -0.3 is 5.32 Å². The number of unbranched alkanes of at least 4 members (excludes halogenated alkanes) is 2. The lowest BCUT2D eigenvalue weighted by Crippen LogP contribution is -2.20. The lowest BCUT2D eigenvalue weighted by molar-refractivity contribution is 0.697. The van der Waals surface area contributed by atoms with Crippen LogP contribution in [0.4, 0.5) is 0 Å². The van der Waals surface area contributed by atoms with E-state index >= 15 is 0 Å². The second-order valence-electron chi connectivity index (χ2n) is 3.50. The van der Waals surface area contributed by atoms with E-state index in [9.17, 15) is 0 Å². The van der Waals surface area contributed by atoms with Crippen LogP contribution in [0, 0.1) is 0 Å². The highest BCUT2D eigenvalue weighted by atomic mass is 14.9. The van der Waals surface area contributed by atoms with E-state index in [1.54, 1.807) is 0 Å². The number of nitrogens with one attached hydrogen (secondary N) is 1. The van der Waals surface area contributed by atoms with Gasteiger partial charge in [-0.25, -0.2) is 0 Å². The first kappa shape index (κ1) is 14.3. The van der Waals surface area contributed by atoms with Gasteiger partial charge in [0.25, 0.3) is 0 Å². The lowest BCUT2D eigenvalue weighted by atomic mass is 10.4. The summed E-state index contributed by atoms with van der Waals surface area (Å²) >= 11 is 0. The molecule has 0 aliphatic carbocycles. The van der Waals surface area contributed by atoms with Crippen LogP contribution in [0.15, 0.2) is 9.98 Å². The maximum absolute atomic E-state index is 4.28. The molecule has 0 aliphatic rings. The lowest BCUT2D eigenvalue weighted by Gasteiger charge is -1.98. The molecule has 0 aliphatic heterocycles. The number of aliphatic imine (C=N–C) groups is 2. The Bertz CT molecular complexity index is 146. The molecular formula is C12H25N3. The second-order valence-corrected chi connectivity index (χ2v) is 3.50. The van der Waals surface area contributed by atoms with E-state index in [2.05, 4.69) is 29.1 Å². The van der Waals surface area contributed by atoms with Crippen LogP contribution < -0.4 is 5.32 Å². The van der Waals surface area contributed by atoms with E-state index in [0.29, 0.717) is 0 Å². The molecule has 0 saturated carbocycles. The van der Waals surface area contributed by atoms with Crippen LogP contribution >= 0.6 is 0 Å². The molecule has 0 amide bonds. The summed E-state index contributed by atoms with van der Waals surface area (Å²) in [5, 5.41) is 3.31. The van der Waals surface area contributed by atoms with Gasteiger partial charge in [0, 0.05) is 13.1 Å². The van der Waals surface area contributed by atoms with Crippen molar-refractivity contribution in [2.75, 3.05) is 26.2 Å². The van der Waals surface area contributed by atoms with Gasteiger partial charge in [-0.15, -0.1) is 0 Å². The first-order valence-corrected chi connectivity index (χ1v) is 6.09. The summed E-state index contributed by atoms with van der Waals surface area (Å²) in [6.45, 7) is 8.03. The maximum atomic E-state index is 4.28. The Kier molecular flexibility index (Phi) is 12.7. The summed E-state index contributed by atoms with van der Waals surface area (Å²) in [7, 11) is 0. The van der Waals surface area contributed by atoms with Gasteiger partial charge in [0.05, 0.1) is 13.1 Å². The highest BCUT2D eigenvalue weighted by Gasteiger charge is 1.83. The van der Waals surface area contributed by atoms with Crippen molar-refractivity contribution in [2.45, 2.75) is 39.5 Å². The Labute approximate surface area is 94.1 Å². The van der Waals surface area contributed by atoms with Crippen LogP contribution in [0.5, 0.6) is 0 Å². The molecule has 0 bridgehead atoms. The van der Waals surface area contributed by atoms with Gasteiger partial charge in [0.15, 0.2) is 0 Å². The molecule has 0 radical (unpaired) electrons. The molecule has 3 nitrogen and oxygen atoms in total. The van der Waals surface area contributed by atoms with E-state index < -0.39 is 0 Å². The zero-order valence-corrected chi connectivity index (χ0v) is 10.2. The molecule has 0 unspecified atom stereocenters. The Morgan fingerprint density at radius 3 is 1.73 bits per heavy atom. The normalized spacial score (nSPS) is 11.9. The molecule has 15 heavy (non-hydrogen) atoms. The summed E-state index contributed by atoms with van der Waals surface area (Å²) in [4.78, 5) is 8.56. The van der Waals surface area contributed by atoms with E-state index in [-0.39, 0.29) is 0 Å². The minimum absolute atomic E-state index is 0.888. The summed E-state index contributed by atoms with van der Waals surface area (Å²) in [6, 6.07) is 0. The number of nitrogens with zero attached hydrogens (tertiary/aromatic N) is 2. The standard InChI is InChI=1S/C12H25N3/c1-3-5-7-13-9-11-15-12-10-14-8-6-4-2/h7-8,15H,3-6,9-12H2,1-2H3. The summed E-state index contributed by atoms with van der Waals surface area (Å²) in [6.07, 6.45) is 8.59. The van der Waals surface area contributed by atoms with Gasteiger partial charge in [-0.05, 0) is 25.3 Å². The zero-order chi connectivity index (χ0) is 11.2. The van der Waals surface area contributed by atoms with Crippen LogP contribution in [0.25, 0.3) is 0 Å². The van der Waals surface area contributed by atoms with E-state index in [4.69, 9.17) is 0 Å². The van der Waals surface area contributed by atoms with Crippen molar-refractivity contribution in [2.24, 2.45) is 9.98 Å². The molecule has 88 valence electrons. The summed E-state index contributed by atoms with van der Waals surface area (Å²) in [5.41, 5.74) is 0. The fourth-order valence-electron chi connectivity index (χ4n) is 1.04. The summed E-state index contributed by atoms with van der Waals surface area (Å²) in [5.74, 6) is 0. The minimum atomic E-state index is 0.888. The van der Waals surface area contributed by atoms with E-state index in [1.807, 2.05) is 12.4 Å². The SMILES string of the molecule is CCCC=NCCNCCN=CCCC. The Hall–Kier alpha value is -0.700. The molecule has 0 atom stereocenters. The Morgan fingerprint density at radius 2 is 1.33 bits per heavy atom. The molecule has 0 aromatic rings. The monoisotopic (exact) mass is 211 g/mol. The van der Waals surface area contributed by atoms with Crippen molar-refractivity contribution in [1.82, 2.24) is 5.32 Å². The highest BCUT2D eigenvalue weighted by molar-refractivity contribution is 5.57. The maximum Gasteiger partial charge on any atom is 0.0510 e. The first-order chi connectivity index (χ1) is 7.41. The van der Waals surface area contributed by atoms with Gasteiger partial charge in [0.2, 0.25) is 0 Å². The molecule has 0 spiro atoms. The molecular weight excluding hydrogens is 186 g/mol. The molecule has 0 saturated heterocycles. The third kappa shape index (κ3) is 13.3. The average molecular weight is 211 g/mol. The third-order valence-electron chi connectivity index (χ3n) is 1.93. The minimum Gasteiger partial charge on any atom is -0.313 e. The number of rotatable bonds is 10. The number of hydrogen-bond acceptors (Lipinski definition) is 3. The molecule has 3 heteroatoms. The first-order valence-electron chi connectivity index (χ1n) is 6.09. The van der Waals surface area contributed by atoms with E-state index in [0.717, 1.165) is 39.0 Å². The zero-order valence-electron chi connectivity index (χ0n) is 10.2. The van der Waals surface area contributed by atoms with Crippen molar-refractivity contribution in [3.63, 3.8) is 0 Å². The Balaban J connectivity index is 3.04. The van der Waals surface area contributed by atoms with E-state index in [1.165, 1.54) is 12.8 Å². The van der Waals surface area contributed by atoms with Gasteiger partial charge in [-0.3, -0.25) is 9.98 Å². The molecule has 0 heterocycles. The molecule has 0 aromatic carbocycles. The molecule has 0 rings (SSSR count). The molecule has 0 fully saturated rings. The predicted octanol–water partition coefficient (Wildman–Crippen LogP) is 2.32. The van der Waals surface area contributed by atoms with Gasteiger partial charge in [-0.2, -0.15) is 0 Å². The largest absolute Gasteiger partial charge is 0.313 e. The van der Waals surface area contributed by atoms with Crippen molar-refractivity contribution in [1.29, 1.82) is 0 Å². The van der Waals surface area contributed by atoms with Crippen molar-refractivity contribution in [3.8, 4) is 0 Å². The predicted molar refractivity (Wildman–Crippen MR) is 69.4 cm³/mol. The van der Waals surface area contributed by atoms with Crippen LogP contribution in [0.3, 0.4) is 0 Å². The van der Waals surface area contributed by atoms with Gasteiger partial charge in [0.1, 0.15) is 0 Å². The molecule has 1 N–H and O–H groups in total. The smallest absolute Gasteiger partial charge is 0.0510 e. The van der Waals surface area contributed by atoms with Crippen LogP contribution in [0.1, 0.15) is 39.5 Å². The van der Waals surface area contributed by atoms with Crippen LogP contribution in [-0.4, -0.2) is 38.6 Å². The van der Waals surface area contributed by atoms with Gasteiger partial charge >= 0.3 is 0 Å². The topological polar surface area (TPSA) is 36.8 Å². The average Bonchev–Trinajstić information content (AvgIpc) is 2.26.